The van der Waals surface area contributed by atoms with Gasteiger partial charge in [-0.3, -0.25) is 9.59 Å². The molecule has 2 aromatic carbocycles. The van der Waals surface area contributed by atoms with Crippen molar-refractivity contribution >= 4 is 23.4 Å². The highest BCUT2D eigenvalue weighted by molar-refractivity contribution is 6.31. The van der Waals surface area contributed by atoms with Crippen LogP contribution in [0.5, 0.6) is 5.75 Å². The fourth-order valence-electron chi connectivity index (χ4n) is 5.70. The first-order valence-electron chi connectivity index (χ1n) is 12.0. The standard InChI is InChI=1S/C27H32ClFN2O3/c1-19-14-22(8-9-23(19)28)34-18-26(16-24(30)32)10-5-13-31(17-26)25(33)27(11-2-3-12-27)20-6-4-7-21(29)15-20/h4,6-9,14-15H,2-3,5,10-13,16-18H2,1H3,(H2,30,32). The van der Waals surface area contributed by atoms with E-state index in [9.17, 15) is 14.0 Å². The molecule has 2 aromatic rings. The number of carbonyl (C=O) groups excluding carboxylic acids is 2. The molecule has 5 nitrogen and oxygen atoms in total. The van der Waals surface area contributed by atoms with Gasteiger partial charge in [-0.15, -0.1) is 0 Å². The average Bonchev–Trinajstić information content (AvgIpc) is 3.30. The zero-order chi connectivity index (χ0) is 24.3. The molecule has 1 unspecified atom stereocenters. The summed E-state index contributed by atoms with van der Waals surface area (Å²) in [6, 6.07) is 11.9. The van der Waals surface area contributed by atoms with Crippen molar-refractivity contribution in [2.24, 2.45) is 11.1 Å². The van der Waals surface area contributed by atoms with E-state index in [0.29, 0.717) is 36.7 Å². The number of nitrogens with zero attached hydrogens (tertiary/aromatic N) is 1. The third-order valence-electron chi connectivity index (χ3n) is 7.42. The molecule has 1 saturated heterocycles. The van der Waals surface area contributed by atoms with Gasteiger partial charge in [-0.1, -0.05) is 36.6 Å². The number of nitrogens with two attached hydrogens (primary N) is 1. The molecule has 1 heterocycles. The van der Waals surface area contributed by atoms with Gasteiger partial charge in [0.05, 0.1) is 12.0 Å². The van der Waals surface area contributed by atoms with Crippen molar-refractivity contribution in [3.8, 4) is 5.75 Å². The Morgan fingerprint density at radius 2 is 1.88 bits per heavy atom. The predicted octanol–water partition coefficient (Wildman–Crippen LogP) is 5.16. The van der Waals surface area contributed by atoms with Crippen LogP contribution in [0, 0.1) is 18.2 Å². The van der Waals surface area contributed by atoms with Gasteiger partial charge >= 0.3 is 0 Å². The summed E-state index contributed by atoms with van der Waals surface area (Å²) in [6.45, 7) is 3.17. The SMILES string of the molecule is Cc1cc(OCC2(CC(N)=O)CCCN(C(=O)C3(c4cccc(F)c4)CCCC3)C2)ccc1Cl. The number of halogens is 2. The first-order chi connectivity index (χ1) is 16.2. The van der Waals surface area contributed by atoms with Gasteiger partial charge in [0.25, 0.3) is 0 Å². The number of hydrogen-bond donors (Lipinski definition) is 1. The van der Waals surface area contributed by atoms with Crippen molar-refractivity contribution in [3.63, 3.8) is 0 Å². The van der Waals surface area contributed by atoms with Crippen LogP contribution in [0.1, 0.15) is 56.1 Å². The Morgan fingerprint density at radius 1 is 1.12 bits per heavy atom. The Bertz CT molecular complexity index is 1070. The Labute approximate surface area is 205 Å². The summed E-state index contributed by atoms with van der Waals surface area (Å²) in [5.74, 6) is -0.0523. The van der Waals surface area contributed by atoms with Gasteiger partial charge in [-0.05, 0) is 74.1 Å². The predicted molar refractivity (Wildman–Crippen MR) is 130 cm³/mol. The zero-order valence-corrected chi connectivity index (χ0v) is 20.4. The summed E-state index contributed by atoms with van der Waals surface area (Å²) >= 11 is 6.13. The lowest BCUT2D eigenvalue weighted by Gasteiger charge is -2.45. The molecule has 0 radical (unpaired) electrons. The van der Waals surface area contributed by atoms with Crippen LogP contribution in [0.2, 0.25) is 5.02 Å². The van der Waals surface area contributed by atoms with Crippen LogP contribution in [0.15, 0.2) is 42.5 Å². The topological polar surface area (TPSA) is 72.6 Å². The molecule has 2 amide bonds. The number of primary amides is 1. The Balaban J connectivity index is 1.58. The lowest BCUT2D eigenvalue weighted by atomic mass is 9.74. The van der Waals surface area contributed by atoms with Crippen LogP contribution in [-0.2, 0) is 15.0 Å². The smallest absolute Gasteiger partial charge is 0.233 e. The van der Waals surface area contributed by atoms with E-state index in [-0.39, 0.29) is 24.8 Å². The minimum Gasteiger partial charge on any atom is -0.493 e. The van der Waals surface area contributed by atoms with E-state index in [1.807, 2.05) is 24.0 Å². The van der Waals surface area contributed by atoms with E-state index >= 15 is 0 Å². The summed E-state index contributed by atoms with van der Waals surface area (Å²) in [7, 11) is 0. The van der Waals surface area contributed by atoms with Gasteiger partial charge < -0.3 is 15.4 Å². The largest absolute Gasteiger partial charge is 0.493 e. The molecule has 0 aromatic heterocycles. The number of piperidine rings is 1. The van der Waals surface area contributed by atoms with Crippen LogP contribution in [-0.4, -0.2) is 36.4 Å². The Kier molecular flexibility index (Phi) is 7.17. The quantitative estimate of drug-likeness (QED) is 0.587. The second-order valence-electron chi connectivity index (χ2n) is 9.97. The molecule has 2 fully saturated rings. The summed E-state index contributed by atoms with van der Waals surface area (Å²) in [4.78, 5) is 27.9. The number of likely N-dealkylation sites (tertiary alicyclic amines) is 1. The molecule has 1 aliphatic carbocycles. The number of amides is 2. The van der Waals surface area contributed by atoms with E-state index in [1.54, 1.807) is 18.2 Å². The van der Waals surface area contributed by atoms with Crippen LogP contribution in [0.4, 0.5) is 4.39 Å². The fraction of sp³-hybridized carbons (Fsp3) is 0.481. The minimum atomic E-state index is -0.716. The first kappa shape index (κ1) is 24.5. The second-order valence-corrected chi connectivity index (χ2v) is 10.4. The zero-order valence-electron chi connectivity index (χ0n) is 19.6. The lowest BCUT2D eigenvalue weighted by Crippen LogP contribution is -2.54. The molecule has 182 valence electrons. The maximum absolute atomic E-state index is 14.1. The molecule has 4 rings (SSSR count). The van der Waals surface area contributed by atoms with Crippen LogP contribution < -0.4 is 10.5 Å². The van der Waals surface area contributed by atoms with Crippen molar-refractivity contribution in [3.05, 3.63) is 64.4 Å². The Morgan fingerprint density at radius 3 is 2.56 bits per heavy atom. The molecule has 2 aliphatic rings. The van der Waals surface area contributed by atoms with Crippen molar-refractivity contribution in [1.82, 2.24) is 4.90 Å². The number of hydrogen-bond acceptors (Lipinski definition) is 3. The third-order valence-corrected chi connectivity index (χ3v) is 7.84. The monoisotopic (exact) mass is 486 g/mol. The van der Waals surface area contributed by atoms with Crippen molar-refractivity contribution in [1.29, 1.82) is 0 Å². The number of ether oxygens (including phenoxy) is 1. The molecule has 0 spiro atoms. The van der Waals surface area contributed by atoms with Gasteiger partial charge in [0.2, 0.25) is 11.8 Å². The van der Waals surface area contributed by atoms with Crippen LogP contribution in [0.3, 0.4) is 0 Å². The van der Waals surface area contributed by atoms with Crippen molar-refractivity contribution in [2.75, 3.05) is 19.7 Å². The molecule has 1 aliphatic heterocycles. The number of benzene rings is 2. The average molecular weight is 487 g/mol. The molecule has 1 atom stereocenters. The highest BCUT2D eigenvalue weighted by atomic mass is 35.5. The highest BCUT2D eigenvalue weighted by Gasteiger charge is 2.48. The number of aryl methyl sites for hydroxylation is 1. The Hall–Kier alpha value is -2.60. The minimum absolute atomic E-state index is 0.0199. The van der Waals surface area contributed by atoms with Crippen LogP contribution in [0.25, 0.3) is 0 Å². The van der Waals surface area contributed by atoms with E-state index in [0.717, 1.165) is 36.8 Å². The highest BCUT2D eigenvalue weighted by Crippen LogP contribution is 2.45. The first-order valence-corrected chi connectivity index (χ1v) is 12.3. The maximum atomic E-state index is 14.1. The summed E-state index contributed by atoms with van der Waals surface area (Å²) in [5.41, 5.74) is 6.00. The maximum Gasteiger partial charge on any atom is 0.233 e. The van der Waals surface area contributed by atoms with Gasteiger partial charge in [-0.25, -0.2) is 4.39 Å². The molecule has 7 heteroatoms. The summed E-state index contributed by atoms with van der Waals surface area (Å²) in [5, 5.41) is 0.660. The van der Waals surface area contributed by atoms with Crippen molar-refractivity contribution in [2.45, 2.75) is 57.3 Å². The van der Waals surface area contributed by atoms with Gasteiger partial charge in [0.1, 0.15) is 11.6 Å². The molecule has 1 saturated carbocycles. The molecule has 34 heavy (non-hydrogen) atoms. The van der Waals surface area contributed by atoms with Gasteiger partial charge in [0, 0.05) is 29.9 Å². The molecular weight excluding hydrogens is 455 g/mol. The van der Waals surface area contributed by atoms with Gasteiger partial charge in [0.15, 0.2) is 0 Å². The third kappa shape index (κ3) is 5.07. The van der Waals surface area contributed by atoms with E-state index in [1.165, 1.54) is 12.1 Å². The second kappa shape index (κ2) is 9.95. The summed E-state index contributed by atoms with van der Waals surface area (Å²) in [6.07, 6.45) is 4.89. The molecule has 0 bridgehead atoms. The molecule has 2 N–H and O–H groups in total. The summed E-state index contributed by atoms with van der Waals surface area (Å²) < 4.78 is 20.2. The normalized spacial score (nSPS) is 21.9. The van der Waals surface area contributed by atoms with E-state index in [2.05, 4.69) is 0 Å². The van der Waals surface area contributed by atoms with Crippen LogP contribution >= 0.6 is 11.6 Å². The fourth-order valence-corrected chi connectivity index (χ4v) is 5.82. The number of carbonyl (C=O) groups is 2. The number of rotatable bonds is 7. The van der Waals surface area contributed by atoms with E-state index < -0.39 is 16.7 Å². The van der Waals surface area contributed by atoms with E-state index in [4.69, 9.17) is 22.1 Å². The van der Waals surface area contributed by atoms with Crippen molar-refractivity contribution < 1.29 is 18.7 Å². The molecular formula is C27H32ClFN2O3. The lowest BCUT2D eigenvalue weighted by molar-refractivity contribution is -0.143. The van der Waals surface area contributed by atoms with Gasteiger partial charge in [-0.2, -0.15) is 0 Å².